The summed E-state index contributed by atoms with van der Waals surface area (Å²) in [5.41, 5.74) is 0.148. The lowest BCUT2D eigenvalue weighted by Gasteiger charge is -2.40. The zero-order valence-corrected chi connectivity index (χ0v) is 13.9. The summed E-state index contributed by atoms with van der Waals surface area (Å²) in [6.07, 6.45) is 3.81. The molecule has 2 fully saturated rings. The number of aromatic nitrogens is 3. The second-order valence-corrected chi connectivity index (χ2v) is 7.32. The van der Waals surface area contributed by atoms with Crippen LogP contribution in [-0.4, -0.2) is 68.4 Å². The van der Waals surface area contributed by atoms with E-state index in [4.69, 9.17) is 0 Å². The third-order valence-electron chi connectivity index (χ3n) is 4.13. The van der Waals surface area contributed by atoms with E-state index in [-0.39, 0.29) is 23.5 Å². The summed E-state index contributed by atoms with van der Waals surface area (Å²) in [7, 11) is 0. The molecule has 1 aromatic rings. The highest BCUT2D eigenvalue weighted by atomic mass is 16.2. The van der Waals surface area contributed by atoms with Crippen LogP contribution in [0.15, 0.2) is 6.20 Å². The van der Waals surface area contributed by atoms with E-state index in [0.29, 0.717) is 18.8 Å². The first-order chi connectivity index (χ1) is 10.8. The molecule has 0 spiro atoms. The number of rotatable bonds is 2. The molecule has 23 heavy (non-hydrogen) atoms. The van der Waals surface area contributed by atoms with Crippen LogP contribution in [0, 0.1) is 0 Å². The molecule has 3 heterocycles. The van der Waals surface area contributed by atoms with Gasteiger partial charge in [0.25, 0.3) is 5.91 Å². The van der Waals surface area contributed by atoms with Gasteiger partial charge in [0.15, 0.2) is 5.69 Å². The van der Waals surface area contributed by atoms with Crippen LogP contribution in [0.5, 0.6) is 0 Å². The van der Waals surface area contributed by atoms with Crippen LogP contribution in [0.2, 0.25) is 0 Å². The Morgan fingerprint density at radius 2 is 1.83 bits per heavy atom. The Kier molecular flexibility index (Phi) is 3.99. The zero-order chi connectivity index (χ0) is 16.6. The minimum absolute atomic E-state index is 0.0459. The van der Waals surface area contributed by atoms with E-state index < -0.39 is 0 Å². The molecule has 0 atom stereocenters. The minimum Gasteiger partial charge on any atom is -0.337 e. The maximum Gasteiger partial charge on any atom is 0.317 e. The van der Waals surface area contributed by atoms with Crippen molar-refractivity contribution in [3.63, 3.8) is 0 Å². The van der Waals surface area contributed by atoms with Crippen molar-refractivity contribution in [3.05, 3.63) is 11.9 Å². The Hall–Kier alpha value is -2.12. The number of hydrogen-bond acceptors (Lipinski definition) is 4. The number of hydrogen-bond donors (Lipinski definition) is 1. The van der Waals surface area contributed by atoms with Crippen molar-refractivity contribution in [1.82, 2.24) is 30.1 Å². The van der Waals surface area contributed by atoms with Crippen molar-refractivity contribution in [2.45, 2.75) is 45.2 Å². The molecule has 1 aromatic heterocycles. The summed E-state index contributed by atoms with van der Waals surface area (Å²) in [5.74, 6) is -0.0459. The highest BCUT2D eigenvalue weighted by molar-refractivity contribution is 5.92. The number of nitrogens with one attached hydrogen (secondary N) is 1. The third-order valence-corrected chi connectivity index (χ3v) is 4.13. The van der Waals surface area contributed by atoms with Crippen molar-refractivity contribution in [3.8, 4) is 0 Å². The highest BCUT2D eigenvalue weighted by Crippen LogP contribution is 2.21. The quantitative estimate of drug-likeness (QED) is 0.877. The Labute approximate surface area is 135 Å². The molecule has 8 nitrogen and oxygen atoms in total. The molecular weight excluding hydrogens is 296 g/mol. The van der Waals surface area contributed by atoms with Gasteiger partial charge in [0.05, 0.1) is 12.2 Å². The van der Waals surface area contributed by atoms with E-state index in [2.05, 4.69) is 15.6 Å². The van der Waals surface area contributed by atoms with Gasteiger partial charge < -0.3 is 15.1 Å². The van der Waals surface area contributed by atoms with E-state index in [1.54, 1.807) is 15.8 Å². The summed E-state index contributed by atoms with van der Waals surface area (Å²) in [5, 5.41) is 11.0. The predicted molar refractivity (Wildman–Crippen MR) is 84.1 cm³/mol. The molecule has 3 amide bonds. The molecule has 3 rings (SSSR count). The largest absolute Gasteiger partial charge is 0.337 e. The van der Waals surface area contributed by atoms with Gasteiger partial charge in [-0.1, -0.05) is 5.21 Å². The monoisotopic (exact) mass is 320 g/mol. The molecule has 0 aliphatic carbocycles. The average molecular weight is 320 g/mol. The van der Waals surface area contributed by atoms with E-state index in [0.717, 1.165) is 25.9 Å². The van der Waals surface area contributed by atoms with E-state index in [1.807, 2.05) is 25.7 Å². The van der Waals surface area contributed by atoms with E-state index >= 15 is 0 Å². The first-order valence-corrected chi connectivity index (χ1v) is 8.12. The topological polar surface area (TPSA) is 83.4 Å². The Morgan fingerprint density at radius 1 is 1.17 bits per heavy atom. The second-order valence-electron chi connectivity index (χ2n) is 7.32. The number of carbonyl (C=O) groups is 2. The molecule has 0 unspecified atom stereocenters. The highest BCUT2D eigenvalue weighted by Gasteiger charge is 2.34. The molecule has 0 saturated carbocycles. The van der Waals surface area contributed by atoms with Crippen molar-refractivity contribution in [2.24, 2.45) is 0 Å². The summed E-state index contributed by atoms with van der Waals surface area (Å²) >= 11 is 0. The number of carbonyl (C=O) groups excluding carboxylic acids is 2. The van der Waals surface area contributed by atoms with Crippen molar-refractivity contribution >= 4 is 11.9 Å². The lowest BCUT2D eigenvalue weighted by atomic mass is 10.1. The predicted octanol–water partition coefficient (Wildman–Crippen LogP) is 0.879. The summed E-state index contributed by atoms with van der Waals surface area (Å²) < 4.78 is 1.70. The van der Waals surface area contributed by atoms with Gasteiger partial charge in [0.2, 0.25) is 0 Å². The van der Waals surface area contributed by atoms with Gasteiger partial charge in [-0.15, -0.1) is 5.10 Å². The fraction of sp³-hybridized carbons (Fsp3) is 0.733. The molecule has 2 aliphatic heterocycles. The zero-order valence-electron chi connectivity index (χ0n) is 13.9. The standard InChI is InChI=1S/C15H24N6O2/c1-15(2,3)16-14(23)20-8-11(9-20)21-10-12(17-18-21)13(22)19-6-4-5-7-19/h10-11H,4-9H2,1-3H3,(H,16,23). The number of amides is 3. The van der Waals surface area contributed by atoms with Crippen LogP contribution in [0.4, 0.5) is 4.79 Å². The average Bonchev–Trinajstić information content (AvgIpc) is 3.05. The molecule has 2 saturated heterocycles. The number of likely N-dealkylation sites (tertiary alicyclic amines) is 2. The Bertz CT molecular complexity index is 593. The van der Waals surface area contributed by atoms with Gasteiger partial charge in [-0.2, -0.15) is 0 Å². The molecule has 0 bridgehead atoms. The van der Waals surface area contributed by atoms with Gasteiger partial charge in [0, 0.05) is 31.7 Å². The maximum absolute atomic E-state index is 12.3. The van der Waals surface area contributed by atoms with Crippen molar-refractivity contribution in [2.75, 3.05) is 26.2 Å². The first kappa shape index (κ1) is 15.8. The number of nitrogens with zero attached hydrogens (tertiary/aromatic N) is 5. The van der Waals surface area contributed by atoms with Gasteiger partial charge in [-0.05, 0) is 33.6 Å². The van der Waals surface area contributed by atoms with E-state index in [1.165, 1.54) is 0 Å². The second kappa shape index (κ2) is 5.82. The Morgan fingerprint density at radius 3 is 2.43 bits per heavy atom. The maximum atomic E-state index is 12.3. The van der Waals surface area contributed by atoms with Crippen LogP contribution in [0.25, 0.3) is 0 Å². The smallest absolute Gasteiger partial charge is 0.317 e. The first-order valence-electron chi connectivity index (χ1n) is 8.12. The Balaban J connectivity index is 1.54. The molecule has 0 aromatic carbocycles. The molecule has 2 aliphatic rings. The normalized spacial score (nSPS) is 18.9. The fourth-order valence-electron chi connectivity index (χ4n) is 2.82. The summed E-state index contributed by atoms with van der Waals surface area (Å²) in [6, 6.07) is 0.0237. The third kappa shape index (κ3) is 3.46. The van der Waals surface area contributed by atoms with Crippen molar-refractivity contribution < 1.29 is 9.59 Å². The minimum atomic E-state index is -0.245. The SMILES string of the molecule is CC(C)(C)NC(=O)N1CC(n2cc(C(=O)N3CCCC3)nn2)C1. The van der Waals surface area contributed by atoms with Gasteiger partial charge in [-0.25, -0.2) is 9.48 Å². The van der Waals surface area contributed by atoms with Crippen LogP contribution in [0.3, 0.4) is 0 Å². The molecule has 1 N–H and O–H groups in total. The summed E-state index contributed by atoms with van der Waals surface area (Å²) in [6.45, 7) is 8.64. The number of urea groups is 1. The van der Waals surface area contributed by atoms with Gasteiger partial charge >= 0.3 is 6.03 Å². The molecule has 126 valence electrons. The lowest BCUT2D eigenvalue weighted by molar-refractivity contribution is 0.0786. The molecule has 0 radical (unpaired) electrons. The van der Waals surface area contributed by atoms with E-state index in [9.17, 15) is 9.59 Å². The molecular formula is C15H24N6O2. The van der Waals surface area contributed by atoms with Crippen LogP contribution in [-0.2, 0) is 0 Å². The van der Waals surface area contributed by atoms with Crippen molar-refractivity contribution in [1.29, 1.82) is 0 Å². The fourth-order valence-corrected chi connectivity index (χ4v) is 2.82. The van der Waals surface area contributed by atoms with Crippen LogP contribution in [0.1, 0.15) is 50.1 Å². The summed E-state index contributed by atoms with van der Waals surface area (Å²) in [4.78, 5) is 27.8. The van der Waals surface area contributed by atoms with Crippen LogP contribution >= 0.6 is 0 Å². The van der Waals surface area contributed by atoms with Gasteiger partial charge in [0.1, 0.15) is 0 Å². The lowest BCUT2D eigenvalue weighted by Crippen LogP contribution is -2.57. The molecule has 8 heteroatoms. The van der Waals surface area contributed by atoms with Gasteiger partial charge in [-0.3, -0.25) is 4.79 Å². The van der Waals surface area contributed by atoms with Crippen LogP contribution < -0.4 is 5.32 Å².